The van der Waals surface area contributed by atoms with Gasteiger partial charge in [-0.25, -0.2) is 4.79 Å². The zero-order valence-corrected chi connectivity index (χ0v) is 25.0. The van der Waals surface area contributed by atoms with E-state index < -0.39 is 63.8 Å². The molecule has 7 rings (SSSR count). The fourth-order valence-electron chi connectivity index (χ4n) is 10.7. The Hall–Kier alpha value is -2.27. The van der Waals surface area contributed by atoms with Gasteiger partial charge in [0.1, 0.15) is 30.2 Å². The molecule has 6 aliphatic rings. The smallest absolute Gasteiger partial charge is 0.339 e. The Labute approximate surface area is 245 Å². The summed E-state index contributed by atoms with van der Waals surface area (Å²) in [6.45, 7) is 9.74. The number of aliphatic hydroxyl groups is 2. The molecule has 0 aromatic carbocycles. The number of hydrogen-bond acceptors (Lipinski definition) is 10. The van der Waals surface area contributed by atoms with Gasteiger partial charge in [0.2, 0.25) is 0 Å². The molecule has 10 heteroatoms. The van der Waals surface area contributed by atoms with E-state index in [0.717, 1.165) is 18.4 Å². The number of cyclic esters (lactones) is 2. The molecule has 42 heavy (non-hydrogen) atoms. The van der Waals surface area contributed by atoms with Crippen molar-refractivity contribution in [2.45, 2.75) is 109 Å². The largest absolute Gasteiger partial charge is 0.469 e. The van der Waals surface area contributed by atoms with Crippen molar-refractivity contribution in [2.24, 2.45) is 34.0 Å². The number of carbonyl (C=O) groups excluding carboxylic acids is 3. The molecule has 0 unspecified atom stereocenters. The normalized spacial score (nSPS) is 47.3. The summed E-state index contributed by atoms with van der Waals surface area (Å²) < 4.78 is 30.7. The maximum atomic E-state index is 14.3. The Balaban J connectivity index is 1.35. The summed E-state index contributed by atoms with van der Waals surface area (Å²) in [6, 6.07) is 1.82. The summed E-state index contributed by atoms with van der Waals surface area (Å²) in [5.74, 6) is -1.56. The Morgan fingerprint density at radius 1 is 1.10 bits per heavy atom. The molecule has 11 atom stereocenters. The van der Waals surface area contributed by atoms with Crippen molar-refractivity contribution < 1.29 is 48.0 Å². The third-order valence-corrected chi connectivity index (χ3v) is 12.3. The first-order valence-electron chi connectivity index (χ1n) is 15.4. The molecule has 2 spiro atoms. The minimum absolute atomic E-state index is 0.00428. The zero-order valence-electron chi connectivity index (χ0n) is 25.0. The van der Waals surface area contributed by atoms with Crippen molar-refractivity contribution in [1.29, 1.82) is 0 Å². The molecular formula is C32H42O10. The van der Waals surface area contributed by atoms with Crippen LogP contribution in [-0.2, 0) is 39.8 Å². The van der Waals surface area contributed by atoms with E-state index in [1.807, 2.05) is 33.8 Å². The molecule has 10 nitrogen and oxygen atoms in total. The number of ether oxygens (including phenoxy) is 4. The van der Waals surface area contributed by atoms with E-state index in [2.05, 4.69) is 6.92 Å². The minimum atomic E-state index is -1.42. The molecule has 6 fully saturated rings. The van der Waals surface area contributed by atoms with Gasteiger partial charge in [-0.2, -0.15) is 0 Å². The number of fused-ring (bicyclic) bond motifs is 1. The van der Waals surface area contributed by atoms with Gasteiger partial charge in [0.05, 0.1) is 30.3 Å². The van der Waals surface area contributed by atoms with Crippen molar-refractivity contribution in [1.82, 2.24) is 0 Å². The maximum absolute atomic E-state index is 14.3. The molecule has 1 aromatic rings. The molecule has 2 saturated carbocycles. The van der Waals surface area contributed by atoms with E-state index in [1.165, 1.54) is 0 Å². The van der Waals surface area contributed by atoms with Crippen molar-refractivity contribution in [3.8, 4) is 0 Å². The number of carbonyl (C=O) groups is 3. The molecule has 1 aromatic heterocycles. The monoisotopic (exact) mass is 586 g/mol. The Kier molecular flexibility index (Phi) is 6.04. The van der Waals surface area contributed by atoms with E-state index in [1.54, 1.807) is 6.26 Å². The lowest BCUT2D eigenvalue weighted by Crippen LogP contribution is -2.76. The highest BCUT2D eigenvalue weighted by molar-refractivity contribution is 5.92. The number of Topliss-reactive ketones (excluding diaryl/α,β-unsaturated/α-hetero) is 1. The molecule has 2 N–H and O–H groups in total. The Morgan fingerprint density at radius 3 is 2.57 bits per heavy atom. The molecule has 0 bridgehead atoms. The zero-order chi connectivity index (χ0) is 30.0. The number of epoxide rings is 1. The van der Waals surface area contributed by atoms with Crippen LogP contribution >= 0.6 is 0 Å². The number of esters is 2. The lowest BCUT2D eigenvalue weighted by molar-refractivity contribution is -0.252. The molecule has 0 radical (unpaired) electrons. The fraction of sp³-hybridized carbons (Fsp3) is 0.781. The van der Waals surface area contributed by atoms with Gasteiger partial charge >= 0.3 is 11.9 Å². The lowest BCUT2D eigenvalue weighted by atomic mass is 9.36. The van der Waals surface area contributed by atoms with Crippen LogP contribution in [0.25, 0.3) is 0 Å². The first-order valence-corrected chi connectivity index (χ1v) is 15.4. The van der Waals surface area contributed by atoms with Crippen molar-refractivity contribution >= 4 is 17.7 Å². The number of ketones is 1. The third-order valence-electron chi connectivity index (χ3n) is 12.3. The predicted molar refractivity (Wildman–Crippen MR) is 145 cm³/mol. The molecule has 4 aliphatic heterocycles. The van der Waals surface area contributed by atoms with Crippen LogP contribution in [0.5, 0.6) is 0 Å². The summed E-state index contributed by atoms with van der Waals surface area (Å²) in [5.41, 5.74) is -4.18. The van der Waals surface area contributed by atoms with E-state index >= 15 is 0 Å². The SMILES string of the molecule is CCC[C@H](CO)Cc1occc1[C@@H]1OC(=O)[C@H]2O[C@]23[C@]2(C)[C@H](O)C(=O)[C@@H]4C(C)(C)O[C@H]5CC(=O)OC[C@]54[C@H]2CC[C@@]13C. The van der Waals surface area contributed by atoms with Crippen LogP contribution in [0.15, 0.2) is 16.7 Å². The van der Waals surface area contributed by atoms with Crippen molar-refractivity contribution in [3.05, 3.63) is 23.7 Å². The van der Waals surface area contributed by atoms with Gasteiger partial charge in [-0.15, -0.1) is 0 Å². The summed E-state index contributed by atoms with van der Waals surface area (Å²) in [6.07, 6.45) is 1.43. The molecule has 2 aliphatic carbocycles. The second kappa shape index (κ2) is 8.89. The average Bonchev–Trinajstić information content (AvgIpc) is 3.49. The average molecular weight is 587 g/mol. The van der Waals surface area contributed by atoms with Crippen molar-refractivity contribution in [3.63, 3.8) is 0 Å². The topological polar surface area (TPSA) is 145 Å². The van der Waals surface area contributed by atoms with Crippen LogP contribution in [0.2, 0.25) is 0 Å². The van der Waals surface area contributed by atoms with E-state index in [0.29, 0.717) is 25.0 Å². The van der Waals surface area contributed by atoms with Gasteiger partial charge in [0, 0.05) is 34.8 Å². The van der Waals surface area contributed by atoms with Gasteiger partial charge < -0.3 is 33.6 Å². The second-order valence-corrected chi connectivity index (χ2v) is 14.6. The molecule has 0 amide bonds. The Morgan fingerprint density at radius 2 is 1.86 bits per heavy atom. The summed E-state index contributed by atoms with van der Waals surface area (Å²) >= 11 is 0. The molecule has 4 saturated heterocycles. The molecular weight excluding hydrogens is 544 g/mol. The first-order chi connectivity index (χ1) is 19.8. The third kappa shape index (κ3) is 3.17. The highest BCUT2D eigenvalue weighted by Crippen LogP contribution is 2.80. The Bertz CT molecular complexity index is 1330. The van der Waals surface area contributed by atoms with Crippen LogP contribution in [-0.4, -0.2) is 70.7 Å². The van der Waals surface area contributed by atoms with Crippen LogP contribution in [0, 0.1) is 34.0 Å². The highest BCUT2D eigenvalue weighted by atomic mass is 16.7. The summed E-state index contributed by atoms with van der Waals surface area (Å²) in [4.78, 5) is 40.4. The predicted octanol–water partition coefficient (Wildman–Crippen LogP) is 3.06. The standard InChI is InChI=1S/C32H42O10/c1-6-7-16(14-33)12-18-17(9-11-38-18)25-29(4)10-8-19-30(5,32(29)26(42-32)27(37)40-25)24(36)22(35)23-28(2,3)41-20-13-21(34)39-15-31(19,20)23/h9,11,16,19-20,23-26,33,36H,6-8,10,12-15H2,1-5H3/t16-,19-,20-,23+,24+,25-,26+,29-,30-,31-,32+/m0/s1. The number of aliphatic hydroxyl groups excluding tert-OH is 2. The summed E-state index contributed by atoms with van der Waals surface area (Å²) in [5, 5.41) is 22.0. The van der Waals surface area contributed by atoms with Gasteiger partial charge in [0.25, 0.3) is 0 Å². The van der Waals surface area contributed by atoms with Crippen LogP contribution < -0.4 is 0 Å². The number of hydrogen-bond donors (Lipinski definition) is 2. The molecule has 230 valence electrons. The second-order valence-electron chi connectivity index (χ2n) is 14.6. The van der Waals surface area contributed by atoms with Gasteiger partial charge in [-0.05, 0) is 51.0 Å². The van der Waals surface area contributed by atoms with Gasteiger partial charge in [-0.1, -0.05) is 27.2 Å². The highest BCUT2D eigenvalue weighted by Gasteiger charge is 2.90. The molecule has 5 heterocycles. The van der Waals surface area contributed by atoms with E-state index in [9.17, 15) is 24.6 Å². The summed E-state index contributed by atoms with van der Waals surface area (Å²) in [7, 11) is 0. The number of furan rings is 1. The first kappa shape index (κ1) is 28.5. The van der Waals surface area contributed by atoms with Crippen molar-refractivity contribution in [2.75, 3.05) is 13.2 Å². The fourth-order valence-corrected chi connectivity index (χ4v) is 10.7. The van der Waals surface area contributed by atoms with Gasteiger partial charge in [0.15, 0.2) is 11.9 Å². The van der Waals surface area contributed by atoms with Crippen LogP contribution in [0.1, 0.15) is 84.2 Å². The van der Waals surface area contributed by atoms with E-state index in [-0.39, 0.29) is 43.2 Å². The maximum Gasteiger partial charge on any atom is 0.339 e. The lowest BCUT2D eigenvalue weighted by Gasteiger charge is -2.66. The van der Waals surface area contributed by atoms with Crippen LogP contribution in [0.3, 0.4) is 0 Å². The van der Waals surface area contributed by atoms with Crippen LogP contribution in [0.4, 0.5) is 0 Å². The van der Waals surface area contributed by atoms with E-state index in [4.69, 9.17) is 23.4 Å². The number of rotatable bonds is 6. The van der Waals surface area contributed by atoms with Gasteiger partial charge in [-0.3, -0.25) is 9.59 Å². The quantitative estimate of drug-likeness (QED) is 0.377. The minimum Gasteiger partial charge on any atom is -0.469 e.